The van der Waals surface area contributed by atoms with Gasteiger partial charge in [-0.3, -0.25) is 9.78 Å². The Kier molecular flexibility index (Phi) is 4.65. The van der Waals surface area contributed by atoms with E-state index in [9.17, 15) is 4.79 Å². The number of nitrogens with zero attached hydrogens (tertiary/aromatic N) is 2. The van der Waals surface area contributed by atoms with Gasteiger partial charge < -0.3 is 14.4 Å². The lowest BCUT2D eigenvalue weighted by atomic mass is 10.1. The molecule has 0 aliphatic carbocycles. The van der Waals surface area contributed by atoms with Crippen molar-refractivity contribution in [3.05, 3.63) is 60.4 Å². The van der Waals surface area contributed by atoms with Gasteiger partial charge in [-0.2, -0.15) is 0 Å². The van der Waals surface area contributed by atoms with Crippen LogP contribution in [-0.4, -0.2) is 42.1 Å². The van der Waals surface area contributed by atoms with E-state index in [0.717, 1.165) is 5.56 Å². The molecular weight excluding hydrogens is 280 g/mol. The second-order valence-electron chi connectivity index (χ2n) is 5.09. The fraction of sp³-hybridized carbons (Fsp3) is 0.294. The van der Waals surface area contributed by atoms with Crippen molar-refractivity contribution in [1.82, 2.24) is 9.88 Å². The summed E-state index contributed by atoms with van der Waals surface area (Å²) in [7, 11) is 0. The van der Waals surface area contributed by atoms with Crippen LogP contribution >= 0.6 is 0 Å². The van der Waals surface area contributed by atoms with Crippen LogP contribution < -0.4 is 4.74 Å². The van der Waals surface area contributed by atoms with E-state index in [1.807, 2.05) is 30.3 Å². The fourth-order valence-electron chi connectivity index (χ4n) is 2.41. The molecule has 22 heavy (non-hydrogen) atoms. The molecule has 3 rings (SSSR count). The zero-order valence-electron chi connectivity index (χ0n) is 12.2. The van der Waals surface area contributed by atoms with Crippen molar-refractivity contribution in [2.45, 2.75) is 6.10 Å². The van der Waals surface area contributed by atoms with Gasteiger partial charge >= 0.3 is 0 Å². The van der Waals surface area contributed by atoms with E-state index in [0.29, 0.717) is 25.4 Å². The van der Waals surface area contributed by atoms with Crippen molar-refractivity contribution >= 4 is 5.91 Å². The maximum atomic E-state index is 12.3. The van der Waals surface area contributed by atoms with Crippen LogP contribution in [0.4, 0.5) is 0 Å². The van der Waals surface area contributed by atoms with Gasteiger partial charge in [0.2, 0.25) is 0 Å². The molecule has 0 bridgehead atoms. The molecule has 2 aromatic rings. The van der Waals surface area contributed by atoms with E-state index in [4.69, 9.17) is 9.47 Å². The monoisotopic (exact) mass is 298 g/mol. The number of amides is 1. The summed E-state index contributed by atoms with van der Waals surface area (Å²) >= 11 is 0. The Balaban J connectivity index is 1.56. The van der Waals surface area contributed by atoms with E-state index in [1.54, 1.807) is 29.4 Å². The molecule has 1 atom stereocenters. The summed E-state index contributed by atoms with van der Waals surface area (Å²) in [6.45, 7) is 1.71. The molecule has 1 aromatic carbocycles. The lowest BCUT2D eigenvalue weighted by Gasteiger charge is -2.33. The molecule has 1 saturated heterocycles. The highest BCUT2D eigenvalue weighted by atomic mass is 16.5. The summed E-state index contributed by atoms with van der Waals surface area (Å²) in [5, 5.41) is 0. The number of morpholine rings is 1. The first-order chi connectivity index (χ1) is 10.8. The van der Waals surface area contributed by atoms with Crippen molar-refractivity contribution in [1.29, 1.82) is 0 Å². The molecule has 1 unspecified atom stereocenters. The predicted octanol–water partition coefficient (Wildman–Crippen LogP) is 2.06. The number of benzene rings is 1. The number of aromatic nitrogens is 1. The summed E-state index contributed by atoms with van der Waals surface area (Å²) < 4.78 is 11.2. The van der Waals surface area contributed by atoms with Gasteiger partial charge in [0.05, 0.1) is 19.3 Å². The number of carbonyl (C=O) groups is 1. The Morgan fingerprint density at radius 2 is 2.14 bits per heavy atom. The molecule has 5 nitrogen and oxygen atoms in total. The average Bonchev–Trinajstić information content (AvgIpc) is 2.61. The van der Waals surface area contributed by atoms with Gasteiger partial charge in [0.25, 0.3) is 5.91 Å². The van der Waals surface area contributed by atoms with Gasteiger partial charge in [-0.25, -0.2) is 0 Å². The number of hydrogen-bond acceptors (Lipinski definition) is 4. The largest absolute Gasteiger partial charge is 0.482 e. The molecule has 1 amide bonds. The molecule has 1 aromatic heterocycles. The molecule has 114 valence electrons. The summed E-state index contributed by atoms with van der Waals surface area (Å²) in [6, 6.07) is 13.5. The predicted molar refractivity (Wildman–Crippen MR) is 81.4 cm³/mol. The van der Waals surface area contributed by atoms with Crippen molar-refractivity contribution in [2.24, 2.45) is 0 Å². The van der Waals surface area contributed by atoms with Crippen molar-refractivity contribution in [2.75, 3.05) is 26.3 Å². The van der Waals surface area contributed by atoms with Crippen LogP contribution in [0.5, 0.6) is 5.75 Å². The molecule has 1 aliphatic rings. The van der Waals surface area contributed by atoms with Crippen LogP contribution in [0.25, 0.3) is 0 Å². The average molecular weight is 298 g/mol. The lowest BCUT2D eigenvalue weighted by molar-refractivity contribution is -0.141. The first kappa shape index (κ1) is 14.5. The minimum atomic E-state index is -0.0720. The molecule has 1 aliphatic heterocycles. The van der Waals surface area contributed by atoms with Crippen molar-refractivity contribution in [3.63, 3.8) is 0 Å². The zero-order valence-corrected chi connectivity index (χ0v) is 12.2. The van der Waals surface area contributed by atoms with Gasteiger partial charge in [-0.15, -0.1) is 0 Å². The van der Waals surface area contributed by atoms with Crippen molar-refractivity contribution in [3.8, 4) is 5.75 Å². The Morgan fingerprint density at radius 3 is 2.91 bits per heavy atom. The molecule has 0 spiro atoms. The minimum Gasteiger partial charge on any atom is -0.482 e. The lowest BCUT2D eigenvalue weighted by Crippen LogP contribution is -2.44. The Bertz CT molecular complexity index is 604. The van der Waals surface area contributed by atoms with Crippen LogP contribution in [0, 0.1) is 0 Å². The Labute approximate surface area is 129 Å². The first-order valence-electron chi connectivity index (χ1n) is 7.30. The first-order valence-corrected chi connectivity index (χ1v) is 7.30. The van der Waals surface area contributed by atoms with Crippen LogP contribution in [0.2, 0.25) is 0 Å². The van der Waals surface area contributed by atoms with Crippen LogP contribution in [0.1, 0.15) is 11.7 Å². The van der Waals surface area contributed by atoms with Crippen LogP contribution in [-0.2, 0) is 9.53 Å². The number of pyridine rings is 1. The van der Waals surface area contributed by atoms with E-state index in [2.05, 4.69) is 4.98 Å². The molecule has 2 heterocycles. The van der Waals surface area contributed by atoms with Crippen LogP contribution in [0.15, 0.2) is 54.9 Å². The quantitative estimate of drug-likeness (QED) is 0.867. The van der Waals surface area contributed by atoms with Gasteiger partial charge in [-0.05, 0) is 17.7 Å². The second kappa shape index (κ2) is 7.04. The summed E-state index contributed by atoms with van der Waals surface area (Å²) in [5.41, 5.74) is 1.09. The third-order valence-electron chi connectivity index (χ3n) is 3.59. The van der Waals surface area contributed by atoms with E-state index in [1.165, 1.54) is 0 Å². The smallest absolute Gasteiger partial charge is 0.260 e. The normalized spacial score (nSPS) is 18.0. The molecule has 0 N–H and O–H groups in total. The third kappa shape index (κ3) is 3.62. The summed E-state index contributed by atoms with van der Waals surface area (Å²) in [5.74, 6) is 0.566. The maximum Gasteiger partial charge on any atom is 0.260 e. The Morgan fingerprint density at radius 1 is 1.27 bits per heavy atom. The molecular formula is C17H18N2O3. The van der Waals surface area contributed by atoms with E-state index >= 15 is 0 Å². The topological polar surface area (TPSA) is 51.7 Å². The van der Waals surface area contributed by atoms with E-state index in [-0.39, 0.29) is 18.6 Å². The summed E-state index contributed by atoms with van der Waals surface area (Å²) in [4.78, 5) is 18.0. The van der Waals surface area contributed by atoms with E-state index < -0.39 is 0 Å². The highest BCUT2D eigenvalue weighted by Crippen LogP contribution is 2.22. The molecule has 1 fully saturated rings. The number of rotatable bonds is 4. The highest BCUT2D eigenvalue weighted by molar-refractivity contribution is 5.77. The number of hydrogen-bond donors (Lipinski definition) is 0. The SMILES string of the molecule is O=C(COc1cccnc1)N1CCOC(c2ccccc2)C1. The third-order valence-corrected chi connectivity index (χ3v) is 3.59. The highest BCUT2D eigenvalue weighted by Gasteiger charge is 2.25. The van der Waals surface area contributed by atoms with Gasteiger partial charge in [0.1, 0.15) is 11.9 Å². The Hall–Kier alpha value is -2.40. The summed E-state index contributed by atoms with van der Waals surface area (Å²) in [6.07, 6.45) is 3.19. The molecule has 0 radical (unpaired) electrons. The fourth-order valence-corrected chi connectivity index (χ4v) is 2.41. The molecule has 0 saturated carbocycles. The van der Waals surface area contributed by atoms with Gasteiger partial charge in [0, 0.05) is 12.7 Å². The van der Waals surface area contributed by atoms with Gasteiger partial charge in [-0.1, -0.05) is 30.3 Å². The second-order valence-corrected chi connectivity index (χ2v) is 5.09. The molecule has 5 heteroatoms. The zero-order chi connectivity index (χ0) is 15.2. The standard InChI is InChI=1S/C17H18N2O3/c20-17(13-22-15-7-4-8-18-11-15)19-9-10-21-16(12-19)14-5-2-1-3-6-14/h1-8,11,16H,9-10,12-13H2. The number of ether oxygens (including phenoxy) is 2. The minimum absolute atomic E-state index is 0.0210. The number of carbonyl (C=O) groups excluding carboxylic acids is 1. The van der Waals surface area contributed by atoms with Gasteiger partial charge in [0.15, 0.2) is 6.61 Å². The van der Waals surface area contributed by atoms with Crippen molar-refractivity contribution < 1.29 is 14.3 Å². The van der Waals surface area contributed by atoms with Crippen LogP contribution in [0.3, 0.4) is 0 Å². The maximum absolute atomic E-state index is 12.3.